The first kappa shape index (κ1) is 25.3. The second-order valence-electron chi connectivity index (χ2n) is 6.98. The normalized spacial score (nSPS) is 10.0. The van der Waals surface area contributed by atoms with Crippen LogP contribution in [-0.2, 0) is 18.0 Å². The van der Waals surface area contributed by atoms with E-state index in [0.29, 0.717) is 16.8 Å². The van der Waals surface area contributed by atoms with E-state index in [-0.39, 0.29) is 6.61 Å². The van der Waals surface area contributed by atoms with Gasteiger partial charge in [-0.2, -0.15) is 13.4 Å². The summed E-state index contributed by atoms with van der Waals surface area (Å²) in [4.78, 5) is 8.88. The lowest BCUT2D eigenvalue weighted by molar-refractivity contribution is 0.288. The summed E-state index contributed by atoms with van der Waals surface area (Å²) < 4.78 is 16.6. The number of hydrogen-bond donors (Lipinski definition) is 4. The molecule has 1 heterocycles. The molecule has 0 bridgehead atoms. The van der Waals surface area contributed by atoms with Crippen LogP contribution in [0.1, 0.15) is 23.1 Å². The molecule has 0 saturated heterocycles. The van der Waals surface area contributed by atoms with Crippen molar-refractivity contribution < 1.29 is 13.5 Å². The van der Waals surface area contributed by atoms with Crippen molar-refractivity contribution in [2.24, 2.45) is 0 Å². The van der Waals surface area contributed by atoms with Crippen molar-refractivity contribution in [3.05, 3.63) is 64.3 Å². The number of aliphatic hydroxyl groups excluding tert-OH is 1. The summed E-state index contributed by atoms with van der Waals surface area (Å²) >= 11 is 5.58. The number of aliphatic hydroxyl groups is 1. The standard InChI is InChI=1S/C22H26ClN5O.O2S/c1-14-6-9-18(20(11-14)24-3)26-21-17(23)13-25-22(28-21)27-19-12-16(5-4-10-29)8-7-15(19)2;1-3-2/h6-9,11-13,24,29H,4-5,10H2,1-3H3,(H2,25,26,27,28);. The van der Waals surface area contributed by atoms with Gasteiger partial charge < -0.3 is 21.1 Å². The summed E-state index contributed by atoms with van der Waals surface area (Å²) in [6, 6.07) is 12.3. The van der Waals surface area contributed by atoms with Crippen LogP contribution in [0.25, 0.3) is 0 Å². The number of halogens is 1. The maximum Gasteiger partial charge on any atom is 0.335 e. The first-order valence-corrected chi connectivity index (χ1v) is 10.9. The van der Waals surface area contributed by atoms with Crippen molar-refractivity contribution in [3.63, 3.8) is 0 Å². The fourth-order valence-electron chi connectivity index (χ4n) is 2.98. The maximum absolute atomic E-state index is 9.06. The zero-order chi connectivity index (χ0) is 23.5. The molecule has 0 aliphatic heterocycles. The summed E-state index contributed by atoms with van der Waals surface area (Å²) in [7, 11) is 1.88. The van der Waals surface area contributed by atoms with Crippen LogP contribution in [0.15, 0.2) is 42.6 Å². The third-order valence-electron chi connectivity index (χ3n) is 4.61. The Hall–Kier alpha value is -3.01. The molecule has 0 fully saturated rings. The SMILES string of the molecule is CNc1cc(C)ccc1Nc1nc(Nc2cc(CCCO)ccc2C)ncc1Cl.O=S=O. The molecule has 2 aromatic carbocycles. The van der Waals surface area contributed by atoms with Crippen LogP contribution in [0, 0.1) is 13.8 Å². The van der Waals surface area contributed by atoms with E-state index < -0.39 is 11.6 Å². The summed E-state index contributed by atoms with van der Waals surface area (Å²) in [5.41, 5.74) is 6.17. The van der Waals surface area contributed by atoms with E-state index in [2.05, 4.69) is 50.2 Å². The molecular weight excluding hydrogens is 450 g/mol. The Labute approximate surface area is 196 Å². The molecule has 0 spiro atoms. The van der Waals surface area contributed by atoms with Gasteiger partial charge in [-0.25, -0.2) is 4.98 Å². The molecule has 8 nitrogen and oxygen atoms in total. The molecule has 10 heteroatoms. The van der Waals surface area contributed by atoms with Crippen LogP contribution in [0.4, 0.5) is 28.8 Å². The van der Waals surface area contributed by atoms with E-state index in [1.807, 2.05) is 33.0 Å². The first-order chi connectivity index (χ1) is 15.4. The lowest BCUT2D eigenvalue weighted by Crippen LogP contribution is -2.04. The average Bonchev–Trinajstić information content (AvgIpc) is 2.78. The van der Waals surface area contributed by atoms with Gasteiger partial charge in [-0.3, -0.25) is 0 Å². The van der Waals surface area contributed by atoms with Gasteiger partial charge in [0.25, 0.3) is 0 Å². The summed E-state index contributed by atoms with van der Waals surface area (Å²) in [6.45, 7) is 4.25. The van der Waals surface area contributed by atoms with Crippen molar-refractivity contribution in [1.82, 2.24) is 9.97 Å². The van der Waals surface area contributed by atoms with Crippen molar-refractivity contribution in [2.45, 2.75) is 26.7 Å². The van der Waals surface area contributed by atoms with E-state index in [9.17, 15) is 0 Å². The Kier molecular flexibility index (Phi) is 10.1. The van der Waals surface area contributed by atoms with Gasteiger partial charge in [0.15, 0.2) is 5.82 Å². The number of hydrogen-bond acceptors (Lipinski definition) is 8. The maximum atomic E-state index is 9.06. The monoisotopic (exact) mass is 475 g/mol. The van der Waals surface area contributed by atoms with Gasteiger partial charge in [-0.05, 0) is 61.6 Å². The van der Waals surface area contributed by atoms with E-state index in [0.717, 1.165) is 46.6 Å². The number of anilines is 5. The van der Waals surface area contributed by atoms with Gasteiger partial charge in [-0.15, -0.1) is 0 Å². The van der Waals surface area contributed by atoms with Gasteiger partial charge in [0.1, 0.15) is 5.02 Å². The molecule has 32 heavy (non-hydrogen) atoms. The molecule has 170 valence electrons. The number of rotatable bonds is 8. The van der Waals surface area contributed by atoms with Crippen LogP contribution in [0.3, 0.4) is 0 Å². The van der Waals surface area contributed by atoms with Crippen LogP contribution in [0.5, 0.6) is 0 Å². The summed E-state index contributed by atoms with van der Waals surface area (Å²) in [5.74, 6) is 0.982. The number of nitrogens with one attached hydrogen (secondary N) is 3. The van der Waals surface area contributed by atoms with Crippen LogP contribution in [-0.4, -0.2) is 37.1 Å². The smallest absolute Gasteiger partial charge is 0.335 e. The molecule has 0 radical (unpaired) electrons. The van der Waals surface area contributed by atoms with Crippen LogP contribution >= 0.6 is 11.6 Å². The number of benzene rings is 2. The minimum absolute atomic E-state index is 0.180. The Morgan fingerprint density at radius 3 is 2.47 bits per heavy atom. The average molecular weight is 476 g/mol. The lowest BCUT2D eigenvalue weighted by Gasteiger charge is -2.15. The molecule has 0 amide bonds. The van der Waals surface area contributed by atoms with Gasteiger partial charge in [0, 0.05) is 19.3 Å². The highest BCUT2D eigenvalue weighted by atomic mass is 35.5. The molecule has 0 unspecified atom stereocenters. The van der Waals surface area contributed by atoms with Crippen molar-refractivity contribution >= 4 is 52.0 Å². The van der Waals surface area contributed by atoms with E-state index in [4.69, 9.17) is 25.1 Å². The van der Waals surface area contributed by atoms with Crippen molar-refractivity contribution in [3.8, 4) is 0 Å². The predicted octanol–water partition coefficient (Wildman–Crippen LogP) is 4.53. The minimum Gasteiger partial charge on any atom is -0.396 e. The molecule has 4 N–H and O–H groups in total. The zero-order valence-corrected chi connectivity index (χ0v) is 19.7. The molecular formula is C22H26ClN5O3S. The quantitative estimate of drug-likeness (QED) is 0.375. The van der Waals surface area contributed by atoms with Gasteiger partial charge >= 0.3 is 11.6 Å². The highest BCUT2D eigenvalue weighted by Crippen LogP contribution is 2.30. The molecule has 0 aliphatic carbocycles. The number of aromatic nitrogens is 2. The third-order valence-corrected chi connectivity index (χ3v) is 4.89. The third kappa shape index (κ3) is 7.30. The highest BCUT2D eigenvalue weighted by Gasteiger charge is 2.10. The molecule has 0 saturated carbocycles. The zero-order valence-electron chi connectivity index (χ0n) is 18.1. The first-order valence-electron chi connectivity index (χ1n) is 9.89. The molecule has 1 aromatic heterocycles. The largest absolute Gasteiger partial charge is 0.396 e. The Morgan fingerprint density at radius 1 is 1.03 bits per heavy atom. The van der Waals surface area contributed by atoms with E-state index >= 15 is 0 Å². The second-order valence-corrected chi connectivity index (χ2v) is 7.53. The second kappa shape index (κ2) is 12.7. The number of nitrogens with zero attached hydrogens (tertiary/aromatic N) is 2. The fraction of sp³-hybridized carbons (Fsp3) is 0.273. The molecule has 0 atom stereocenters. The van der Waals surface area contributed by atoms with Gasteiger partial charge in [0.05, 0.1) is 17.6 Å². The van der Waals surface area contributed by atoms with Crippen molar-refractivity contribution in [1.29, 1.82) is 0 Å². The van der Waals surface area contributed by atoms with Gasteiger partial charge in [-0.1, -0.05) is 29.8 Å². The highest BCUT2D eigenvalue weighted by molar-refractivity contribution is 7.51. The fourth-order valence-corrected chi connectivity index (χ4v) is 3.12. The van der Waals surface area contributed by atoms with E-state index in [1.165, 1.54) is 0 Å². The Morgan fingerprint density at radius 2 is 1.78 bits per heavy atom. The Balaban J connectivity index is 0.00000114. The predicted molar refractivity (Wildman–Crippen MR) is 130 cm³/mol. The summed E-state index contributed by atoms with van der Waals surface area (Å²) in [6.07, 6.45) is 3.13. The lowest BCUT2D eigenvalue weighted by atomic mass is 10.1. The topological polar surface area (TPSA) is 116 Å². The van der Waals surface area contributed by atoms with E-state index in [1.54, 1.807) is 6.20 Å². The van der Waals surface area contributed by atoms with Crippen molar-refractivity contribution in [2.75, 3.05) is 29.6 Å². The molecule has 0 aliphatic rings. The van der Waals surface area contributed by atoms with Crippen LogP contribution in [0.2, 0.25) is 5.02 Å². The van der Waals surface area contributed by atoms with Crippen LogP contribution < -0.4 is 16.0 Å². The summed E-state index contributed by atoms with van der Waals surface area (Å²) in [5, 5.41) is 19.2. The number of aryl methyl sites for hydroxylation is 3. The Bertz CT molecular complexity index is 1090. The molecule has 3 rings (SSSR count). The minimum atomic E-state index is -0.750. The molecule has 3 aromatic rings. The van der Waals surface area contributed by atoms with Gasteiger partial charge in [0.2, 0.25) is 5.95 Å².